The highest BCUT2D eigenvalue weighted by Gasteiger charge is 2.37. The molecule has 0 radical (unpaired) electrons. The molecule has 33 heavy (non-hydrogen) atoms. The lowest BCUT2D eigenvalue weighted by Crippen LogP contribution is -2.30. The maximum absolute atomic E-state index is 14.8. The smallest absolute Gasteiger partial charge is 0.422 e. The molecule has 13 heteroatoms. The number of nitrogens with one attached hydrogen (secondary N) is 1. The molecule has 0 atom stereocenters. The Labute approximate surface area is 182 Å². The molecule has 2 aromatic heterocycles. The molecule has 0 amide bonds. The van der Waals surface area contributed by atoms with Crippen LogP contribution in [0.2, 0.25) is 0 Å². The molecule has 0 saturated carbocycles. The van der Waals surface area contributed by atoms with Crippen LogP contribution in [0.15, 0.2) is 41.3 Å². The number of ether oxygens (including phenoxy) is 1. The Balaban J connectivity index is 2.12. The molecular formula is C20H17F7N4O2. The fourth-order valence-corrected chi connectivity index (χ4v) is 2.94. The van der Waals surface area contributed by atoms with Gasteiger partial charge in [0.2, 0.25) is 0 Å². The molecule has 1 aromatic carbocycles. The summed E-state index contributed by atoms with van der Waals surface area (Å²) in [5, 5.41) is 5.58. The van der Waals surface area contributed by atoms with Gasteiger partial charge in [0.1, 0.15) is 11.4 Å². The quantitative estimate of drug-likeness (QED) is 0.476. The molecular weight excluding hydrogens is 461 g/mol. The van der Waals surface area contributed by atoms with Gasteiger partial charge in [0.15, 0.2) is 12.4 Å². The van der Waals surface area contributed by atoms with Gasteiger partial charge in [0.25, 0.3) is 11.5 Å². The van der Waals surface area contributed by atoms with E-state index in [1.165, 1.54) is 0 Å². The van der Waals surface area contributed by atoms with Gasteiger partial charge in [-0.2, -0.15) is 35.8 Å². The van der Waals surface area contributed by atoms with Crippen molar-refractivity contribution >= 4 is 0 Å². The number of halogens is 7. The highest BCUT2D eigenvalue weighted by molar-refractivity contribution is 5.62. The lowest BCUT2D eigenvalue weighted by atomic mass is 10.1. The van der Waals surface area contributed by atoms with Crippen LogP contribution in [0.4, 0.5) is 30.7 Å². The van der Waals surface area contributed by atoms with Crippen molar-refractivity contribution in [3.63, 3.8) is 0 Å². The van der Waals surface area contributed by atoms with E-state index in [1.54, 1.807) is 0 Å². The monoisotopic (exact) mass is 478 g/mol. The van der Waals surface area contributed by atoms with E-state index in [-0.39, 0.29) is 17.0 Å². The third-order valence-corrected chi connectivity index (χ3v) is 4.54. The van der Waals surface area contributed by atoms with Gasteiger partial charge in [-0.05, 0) is 24.3 Å². The lowest BCUT2D eigenvalue weighted by Gasteiger charge is -2.20. The molecule has 0 saturated heterocycles. The molecule has 0 unspecified atom stereocenters. The average Bonchev–Trinajstić information content (AvgIpc) is 3.22. The standard InChI is InChI=1S/C20H17F7N4O2/c1-3-19(23,24)17-29-14(13-9-28-30-16(13)18(2,21)22)8-15(32)31(17)11-4-6-12(7-5-11)33-10-20(25,26)27/h4-9H,3,10H2,1-2H3,(H,28,30). The van der Waals surface area contributed by atoms with E-state index in [9.17, 15) is 35.5 Å². The Kier molecular flexibility index (Phi) is 6.27. The van der Waals surface area contributed by atoms with Crippen LogP contribution in [0.5, 0.6) is 5.75 Å². The molecule has 3 rings (SSSR count). The van der Waals surface area contributed by atoms with E-state index in [0.717, 1.165) is 43.5 Å². The largest absolute Gasteiger partial charge is 0.484 e. The summed E-state index contributed by atoms with van der Waals surface area (Å²) in [6.45, 7) is 0.146. The third kappa shape index (κ3) is 5.34. The molecule has 0 spiro atoms. The Morgan fingerprint density at radius 1 is 1.06 bits per heavy atom. The summed E-state index contributed by atoms with van der Waals surface area (Å²) < 4.78 is 99.2. The zero-order valence-corrected chi connectivity index (χ0v) is 17.2. The number of alkyl halides is 7. The first-order valence-electron chi connectivity index (χ1n) is 9.47. The van der Waals surface area contributed by atoms with Crippen molar-refractivity contribution in [1.29, 1.82) is 0 Å². The van der Waals surface area contributed by atoms with Crippen LogP contribution in [0, 0.1) is 0 Å². The SMILES string of the molecule is CCC(F)(F)c1nc(-c2cn[nH]c2C(C)(F)F)cc(=O)n1-c1ccc(OCC(F)(F)F)cc1. The van der Waals surface area contributed by atoms with Gasteiger partial charge in [-0.3, -0.25) is 14.5 Å². The van der Waals surface area contributed by atoms with E-state index in [4.69, 9.17) is 0 Å². The molecule has 0 aliphatic rings. The summed E-state index contributed by atoms with van der Waals surface area (Å²) in [6.07, 6.45) is -4.40. The Morgan fingerprint density at radius 3 is 2.24 bits per heavy atom. The molecule has 1 N–H and O–H groups in total. The second-order valence-electron chi connectivity index (χ2n) is 7.14. The second-order valence-corrected chi connectivity index (χ2v) is 7.14. The van der Waals surface area contributed by atoms with E-state index in [0.29, 0.717) is 11.5 Å². The Morgan fingerprint density at radius 2 is 1.70 bits per heavy atom. The highest BCUT2D eigenvalue weighted by Crippen LogP contribution is 2.35. The number of H-pyrrole nitrogens is 1. The van der Waals surface area contributed by atoms with Crippen molar-refractivity contribution in [1.82, 2.24) is 19.7 Å². The maximum Gasteiger partial charge on any atom is 0.422 e. The van der Waals surface area contributed by atoms with Crippen LogP contribution in [-0.2, 0) is 11.8 Å². The zero-order valence-electron chi connectivity index (χ0n) is 17.2. The average molecular weight is 478 g/mol. The van der Waals surface area contributed by atoms with Gasteiger partial charge in [-0.25, -0.2) is 4.98 Å². The van der Waals surface area contributed by atoms with Crippen LogP contribution in [0.3, 0.4) is 0 Å². The fraction of sp³-hybridized carbons (Fsp3) is 0.350. The summed E-state index contributed by atoms with van der Waals surface area (Å²) in [7, 11) is 0. The summed E-state index contributed by atoms with van der Waals surface area (Å²) >= 11 is 0. The minimum atomic E-state index is -4.58. The molecule has 0 fully saturated rings. The minimum absolute atomic E-state index is 0.130. The molecule has 3 aromatic rings. The van der Waals surface area contributed by atoms with Gasteiger partial charge in [-0.15, -0.1) is 0 Å². The van der Waals surface area contributed by atoms with E-state index in [2.05, 4.69) is 19.9 Å². The second kappa shape index (κ2) is 8.52. The van der Waals surface area contributed by atoms with E-state index in [1.807, 2.05) is 0 Å². The number of hydrogen-bond acceptors (Lipinski definition) is 4. The topological polar surface area (TPSA) is 72.8 Å². The summed E-state index contributed by atoms with van der Waals surface area (Å²) in [6, 6.07) is 5.14. The number of benzene rings is 1. The molecule has 6 nitrogen and oxygen atoms in total. The Bertz CT molecular complexity index is 1180. The summed E-state index contributed by atoms with van der Waals surface area (Å²) in [5.74, 6) is -8.28. The van der Waals surface area contributed by atoms with Crippen LogP contribution < -0.4 is 10.3 Å². The van der Waals surface area contributed by atoms with Crippen LogP contribution >= 0.6 is 0 Å². The maximum atomic E-state index is 14.8. The van der Waals surface area contributed by atoms with Gasteiger partial charge in [0, 0.05) is 25.0 Å². The lowest BCUT2D eigenvalue weighted by molar-refractivity contribution is -0.153. The number of rotatable bonds is 7. The van der Waals surface area contributed by atoms with Crippen LogP contribution in [0.1, 0.15) is 31.8 Å². The third-order valence-electron chi connectivity index (χ3n) is 4.54. The van der Waals surface area contributed by atoms with Crippen molar-refractivity contribution in [3.8, 4) is 22.7 Å². The van der Waals surface area contributed by atoms with Crippen molar-refractivity contribution in [2.24, 2.45) is 0 Å². The van der Waals surface area contributed by atoms with Gasteiger partial charge < -0.3 is 4.74 Å². The van der Waals surface area contributed by atoms with Crippen molar-refractivity contribution in [2.45, 2.75) is 38.3 Å². The first kappa shape index (κ1) is 24.3. The highest BCUT2D eigenvalue weighted by atomic mass is 19.4. The first-order valence-corrected chi connectivity index (χ1v) is 9.47. The fourth-order valence-electron chi connectivity index (χ4n) is 2.94. The van der Waals surface area contributed by atoms with E-state index < -0.39 is 53.8 Å². The van der Waals surface area contributed by atoms with Gasteiger partial charge in [-0.1, -0.05) is 6.92 Å². The van der Waals surface area contributed by atoms with Crippen LogP contribution in [-0.4, -0.2) is 32.5 Å². The predicted molar refractivity (Wildman–Crippen MR) is 103 cm³/mol. The van der Waals surface area contributed by atoms with E-state index >= 15 is 0 Å². The van der Waals surface area contributed by atoms with Crippen molar-refractivity contribution in [2.75, 3.05) is 6.61 Å². The minimum Gasteiger partial charge on any atom is -0.484 e. The molecule has 2 heterocycles. The number of aromatic amines is 1. The summed E-state index contributed by atoms with van der Waals surface area (Å²) in [4.78, 5) is 16.6. The first-order chi connectivity index (χ1) is 15.2. The van der Waals surface area contributed by atoms with Crippen molar-refractivity contribution < 1.29 is 35.5 Å². The molecule has 178 valence electrons. The zero-order chi connectivity index (χ0) is 24.6. The summed E-state index contributed by atoms with van der Waals surface area (Å²) in [5.41, 5.74) is -2.61. The number of aromatic nitrogens is 4. The van der Waals surface area contributed by atoms with Gasteiger partial charge >= 0.3 is 12.1 Å². The Hall–Kier alpha value is -3.38. The normalized spacial score (nSPS) is 12.8. The molecule has 0 aliphatic carbocycles. The van der Waals surface area contributed by atoms with Crippen LogP contribution in [0.25, 0.3) is 16.9 Å². The molecule has 0 aliphatic heterocycles. The predicted octanol–water partition coefficient (Wildman–Crippen LogP) is 5.18. The number of hydrogen-bond donors (Lipinski definition) is 1. The number of nitrogens with zero attached hydrogens (tertiary/aromatic N) is 3. The molecule has 0 bridgehead atoms. The van der Waals surface area contributed by atoms with Gasteiger partial charge in [0.05, 0.1) is 17.6 Å². The van der Waals surface area contributed by atoms with Crippen molar-refractivity contribution in [3.05, 3.63) is 58.4 Å².